The highest BCUT2D eigenvalue weighted by Crippen LogP contribution is 2.62. The first kappa shape index (κ1) is 15.8. The van der Waals surface area contributed by atoms with E-state index < -0.39 is 11.5 Å². The summed E-state index contributed by atoms with van der Waals surface area (Å²) in [5.41, 5.74) is -0.720. The Kier molecular flexibility index (Phi) is 3.36. The average molecular weight is 331 g/mol. The zero-order valence-corrected chi connectivity index (χ0v) is 14.0. The molecule has 24 heavy (non-hydrogen) atoms. The number of hydrogen-bond acceptors (Lipinski definition) is 4. The number of phenols is 2. The lowest BCUT2D eigenvalue weighted by Gasteiger charge is -2.62. The Morgan fingerprint density at radius 3 is 2.29 bits per heavy atom. The molecule has 4 bridgehead atoms. The average Bonchev–Trinajstić information content (AvgIpc) is 2.44. The predicted molar refractivity (Wildman–Crippen MR) is 88.8 cm³/mol. The zero-order valence-electron chi connectivity index (χ0n) is 14.0. The van der Waals surface area contributed by atoms with E-state index in [1.54, 1.807) is 0 Å². The molecule has 1 amide bonds. The van der Waals surface area contributed by atoms with Crippen LogP contribution in [0.5, 0.6) is 11.5 Å². The number of nitrogens with one attached hydrogen (secondary N) is 1. The molecular formula is C19H25NO4. The van der Waals surface area contributed by atoms with Gasteiger partial charge < -0.3 is 20.6 Å². The van der Waals surface area contributed by atoms with E-state index in [2.05, 4.69) is 5.32 Å². The van der Waals surface area contributed by atoms with E-state index in [0.717, 1.165) is 32.1 Å². The van der Waals surface area contributed by atoms with Crippen LogP contribution in [0.4, 0.5) is 0 Å². The van der Waals surface area contributed by atoms with Gasteiger partial charge in [-0.1, -0.05) is 6.07 Å². The summed E-state index contributed by atoms with van der Waals surface area (Å²) in [5.74, 6) is 0.205. The van der Waals surface area contributed by atoms with Crippen LogP contribution in [0.2, 0.25) is 0 Å². The summed E-state index contributed by atoms with van der Waals surface area (Å²) in [6.45, 7) is 1.99. The second-order valence-corrected chi connectivity index (χ2v) is 8.41. The second kappa shape index (κ2) is 5.12. The first-order valence-electron chi connectivity index (χ1n) is 8.84. The maximum atomic E-state index is 12.6. The maximum Gasteiger partial charge on any atom is 0.259 e. The molecule has 4 fully saturated rings. The minimum Gasteiger partial charge on any atom is -0.507 e. The quantitative estimate of drug-likeness (QED) is 0.685. The molecule has 5 heteroatoms. The van der Waals surface area contributed by atoms with Gasteiger partial charge in [-0.15, -0.1) is 0 Å². The monoisotopic (exact) mass is 331 g/mol. The SMILES string of the molecule is CC(NC(=O)c1c(O)cccc1O)C12CC3CC(CC(O)(C3)C1)C2. The standard InChI is InChI=1S/C19H25NO4/c1-11(20-17(23)16-14(21)3-2-4-15(16)22)18-6-12-5-13(7-18)9-19(24,8-12)10-18/h2-4,11-13,21-22,24H,5-10H2,1H3,(H,20,23). The predicted octanol–water partition coefficient (Wildman–Crippen LogP) is 2.55. The Bertz CT molecular complexity index is 652. The second-order valence-electron chi connectivity index (χ2n) is 8.41. The molecule has 3 atom stereocenters. The van der Waals surface area contributed by atoms with Crippen LogP contribution in [0.25, 0.3) is 0 Å². The molecule has 3 unspecified atom stereocenters. The minimum absolute atomic E-state index is 0.0749. The van der Waals surface area contributed by atoms with Gasteiger partial charge in [0.25, 0.3) is 5.91 Å². The summed E-state index contributed by atoms with van der Waals surface area (Å²) in [6.07, 6.45) is 5.81. The van der Waals surface area contributed by atoms with Gasteiger partial charge in [0.1, 0.15) is 17.1 Å². The molecule has 0 aliphatic heterocycles. The third-order valence-electron chi connectivity index (χ3n) is 6.59. The largest absolute Gasteiger partial charge is 0.507 e. The number of benzene rings is 1. The number of rotatable bonds is 3. The highest BCUT2D eigenvalue weighted by Gasteiger charge is 2.59. The van der Waals surface area contributed by atoms with Crippen molar-refractivity contribution in [2.24, 2.45) is 17.3 Å². The van der Waals surface area contributed by atoms with Gasteiger partial charge in [0.15, 0.2) is 0 Å². The van der Waals surface area contributed by atoms with E-state index in [-0.39, 0.29) is 28.5 Å². The molecule has 130 valence electrons. The van der Waals surface area contributed by atoms with Crippen molar-refractivity contribution < 1.29 is 20.1 Å². The van der Waals surface area contributed by atoms with Crippen molar-refractivity contribution in [2.45, 2.75) is 57.1 Å². The van der Waals surface area contributed by atoms with Crippen molar-refractivity contribution in [2.75, 3.05) is 0 Å². The molecule has 4 saturated carbocycles. The number of phenolic OH excluding ortho intramolecular Hbond substituents is 2. The normalized spacial score (nSPS) is 38.1. The van der Waals surface area contributed by atoms with Crippen LogP contribution in [0, 0.1) is 17.3 Å². The highest BCUT2D eigenvalue weighted by atomic mass is 16.3. The van der Waals surface area contributed by atoms with E-state index >= 15 is 0 Å². The van der Waals surface area contributed by atoms with Crippen molar-refractivity contribution in [3.8, 4) is 11.5 Å². The molecule has 5 rings (SSSR count). The molecule has 1 aromatic carbocycles. The lowest BCUT2D eigenvalue weighted by atomic mass is 9.46. The Morgan fingerprint density at radius 2 is 1.75 bits per heavy atom. The third kappa shape index (κ3) is 2.37. The van der Waals surface area contributed by atoms with Crippen LogP contribution in [0.1, 0.15) is 55.8 Å². The highest BCUT2D eigenvalue weighted by molar-refractivity contribution is 5.99. The molecule has 5 nitrogen and oxygen atoms in total. The summed E-state index contributed by atoms with van der Waals surface area (Å²) in [7, 11) is 0. The van der Waals surface area contributed by atoms with Gasteiger partial charge in [-0.05, 0) is 74.8 Å². The number of carbonyl (C=O) groups is 1. The van der Waals surface area contributed by atoms with Gasteiger partial charge in [-0.2, -0.15) is 0 Å². The van der Waals surface area contributed by atoms with E-state index in [4.69, 9.17) is 0 Å². The maximum absolute atomic E-state index is 12.6. The Morgan fingerprint density at radius 1 is 1.17 bits per heavy atom. The number of hydrogen-bond donors (Lipinski definition) is 4. The molecule has 4 N–H and O–H groups in total. The topological polar surface area (TPSA) is 89.8 Å². The van der Waals surface area contributed by atoms with Gasteiger partial charge in [0.2, 0.25) is 0 Å². The van der Waals surface area contributed by atoms with Crippen molar-refractivity contribution in [1.82, 2.24) is 5.32 Å². The summed E-state index contributed by atoms with van der Waals surface area (Å²) in [6, 6.07) is 4.18. The van der Waals surface area contributed by atoms with E-state index in [9.17, 15) is 20.1 Å². The van der Waals surface area contributed by atoms with E-state index in [1.807, 2.05) is 6.92 Å². The smallest absolute Gasteiger partial charge is 0.259 e. The first-order chi connectivity index (χ1) is 11.3. The fourth-order valence-electron chi connectivity index (χ4n) is 5.97. The molecular weight excluding hydrogens is 306 g/mol. The molecule has 1 aromatic rings. The lowest BCUT2D eigenvalue weighted by Crippen LogP contribution is -2.61. The zero-order chi connectivity index (χ0) is 17.1. The molecule has 0 spiro atoms. The molecule has 4 aliphatic carbocycles. The van der Waals surface area contributed by atoms with Gasteiger partial charge in [-0.3, -0.25) is 4.79 Å². The molecule has 0 saturated heterocycles. The molecule has 0 heterocycles. The van der Waals surface area contributed by atoms with Gasteiger partial charge in [0.05, 0.1) is 5.60 Å². The number of aliphatic hydroxyl groups is 1. The summed E-state index contributed by atoms with van der Waals surface area (Å²) in [4.78, 5) is 12.6. The summed E-state index contributed by atoms with van der Waals surface area (Å²) < 4.78 is 0. The van der Waals surface area contributed by atoms with Crippen LogP contribution < -0.4 is 5.32 Å². The van der Waals surface area contributed by atoms with Crippen molar-refractivity contribution in [1.29, 1.82) is 0 Å². The van der Waals surface area contributed by atoms with Crippen LogP contribution in [-0.2, 0) is 0 Å². The van der Waals surface area contributed by atoms with Crippen LogP contribution >= 0.6 is 0 Å². The fourth-order valence-corrected chi connectivity index (χ4v) is 5.97. The number of amides is 1. The van der Waals surface area contributed by atoms with Gasteiger partial charge in [-0.25, -0.2) is 0 Å². The van der Waals surface area contributed by atoms with Gasteiger partial charge >= 0.3 is 0 Å². The molecule has 0 radical (unpaired) electrons. The molecule has 4 aliphatic rings. The number of aromatic hydroxyl groups is 2. The first-order valence-corrected chi connectivity index (χ1v) is 8.84. The number of carbonyl (C=O) groups excluding carboxylic acids is 1. The lowest BCUT2D eigenvalue weighted by molar-refractivity contribution is -0.171. The third-order valence-corrected chi connectivity index (χ3v) is 6.59. The Labute approximate surface area is 141 Å². The van der Waals surface area contributed by atoms with Crippen molar-refractivity contribution in [3.63, 3.8) is 0 Å². The van der Waals surface area contributed by atoms with Crippen molar-refractivity contribution in [3.05, 3.63) is 23.8 Å². The van der Waals surface area contributed by atoms with Crippen LogP contribution in [-0.4, -0.2) is 32.9 Å². The van der Waals surface area contributed by atoms with Gasteiger partial charge in [0, 0.05) is 6.04 Å². The van der Waals surface area contributed by atoms with E-state index in [1.165, 1.54) is 24.6 Å². The Balaban J connectivity index is 1.56. The minimum atomic E-state index is -0.569. The molecule has 0 aromatic heterocycles. The van der Waals surface area contributed by atoms with Crippen molar-refractivity contribution >= 4 is 5.91 Å². The van der Waals surface area contributed by atoms with E-state index in [0.29, 0.717) is 11.8 Å². The Hall–Kier alpha value is -1.75. The fraction of sp³-hybridized carbons (Fsp3) is 0.632. The summed E-state index contributed by atoms with van der Waals surface area (Å²) in [5, 5.41) is 33.6. The van der Waals surface area contributed by atoms with Crippen LogP contribution in [0.3, 0.4) is 0 Å². The summed E-state index contributed by atoms with van der Waals surface area (Å²) >= 11 is 0. The van der Waals surface area contributed by atoms with Crippen LogP contribution in [0.15, 0.2) is 18.2 Å².